The lowest BCUT2D eigenvalue weighted by atomic mass is 10.2. The van der Waals surface area contributed by atoms with Crippen LogP contribution in [0.25, 0.3) is 0 Å². The zero-order chi connectivity index (χ0) is 14.2. The lowest BCUT2D eigenvalue weighted by Crippen LogP contribution is -2.41. The lowest BCUT2D eigenvalue weighted by molar-refractivity contribution is -0.125. The number of sulfonamides is 1. The molecular weight excluding hydrogens is 268 g/mol. The molecule has 0 bridgehead atoms. The van der Waals surface area contributed by atoms with Gasteiger partial charge in [-0.05, 0) is 32.0 Å². The van der Waals surface area contributed by atoms with Crippen LogP contribution in [0.2, 0.25) is 0 Å². The Morgan fingerprint density at radius 2 is 2.11 bits per heavy atom. The summed E-state index contributed by atoms with van der Waals surface area (Å²) in [4.78, 5) is 13.3. The normalized spacial score (nSPS) is 18.8. The molecule has 0 radical (unpaired) electrons. The molecule has 1 amide bonds. The fourth-order valence-electron chi connectivity index (χ4n) is 1.83. The van der Waals surface area contributed by atoms with Crippen molar-refractivity contribution in [2.75, 3.05) is 22.4 Å². The molecule has 1 unspecified atom stereocenters. The van der Waals surface area contributed by atoms with Gasteiger partial charge in [-0.15, -0.1) is 0 Å². The van der Waals surface area contributed by atoms with E-state index in [1.54, 1.807) is 39.1 Å². The summed E-state index contributed by atoms with van der Waals surface area (Å²) in [5.41, 5.74) is 0.970. The van der Waals surface area contributed by atoms with Gasteiger partial charge in [-0.3, -0.25) is 9.52 Å². The summed E-state index contributed by atoms with van der Waals surface area (Å²) in [6, 6.07) is 4.86. The van der Waals surface area contributed by atoms with Gasteiger partial charge in [-0.1, -0.05) is 0 Å². The molecule has 1 aliphatic rings. The smallest absolute Gasteiger partial charge is 0.267 e. The molecule has 1 heterocycles. The van der Waals surface area contributed by atoms with Crippen molar-refractivity contribution in [3.63, 3.8) is 0 Å². The fourth-order valence-corrected chi connectivity index (χ4v) is 2.46. The Morgan fingerprint density at radius 3 is 2.74 bits per heavy atom. The Morgan fingerprint density at radius 1 is 1.42 bits per heavy atom. The number of hydrogen-bond acceptors (Lipinski definition) is 4. The van der Waals surface area contributed by atoms with E-state index in [2.05, 4.69) is 4.72 Å². The van der Waals surface area contributed by atoms with Crippen LogP contribution in [0, 0.1) is 0 Å². The van der Waals surface area contributed by atoms with Crippen molar-refractivity contribution in [1.29, 1.82) is 0 Å². The van der Waals surface area contributed by atoms with Crippen LogP contribution in [0.1, 0.15) is 13.8 Å². The Bertz CT molecular complexity index is 612. The number of carbonyl (C=O) groups excluding carboxylic acids is 1. The molecule has 2 rings (SSSR count). The Labute approximate surface area is 112 Å². The first kappa shape index (κ1) is 13.7. The first-order valence-corrected chi connectivity index (χ1v) is 7.58. The highest BCUT2D eigenvalue weighted by atomic mass is 32.2. The van der Waals surface area contributed by atoms with E-state index in [-0.39, 0.29) is 11.7 Å². The van der Waals surface area contributed by atoms with E-state index in [1.807, 2.05) is 0 Å². The second-order valence-corrected chi connectivity index (χ2v) is 6.36. The summed E-state index contributed by atoms with van der Waals surface area (Å²) in [7, 11) is -1.70. The molecule has 1 aliphatic heterocycles. The van der Waals surface area contributed by atoms with E-state index in [0.717, 1.165) is 0 Å². The minimum atomic E-state index is -3.34. The maximum absolute atomic E-state index is 11.8. The average molecular weight is 284 g/mol. The second kappa shape index (κ2) is 4.73. The molecule has 0 spiro atoms. The highest BCUT2D eigenvalue weighted by molar-refractivity contribution is 7.92. The predicted molar refractivity (Wildman–Crippen MR) is 73.0 cm³/mol. The van der Waals surface area contributed by atoms with E-state index < -0.39 is 16.1 Å². The Kier molecular flexibility index (Phi) is 3.40. The van der Waals surface area contributed by atoms with Gasteiger partial charge in [0, 0.05) is 7.05 Å². The fraction of sp³-hybridized carbons (Fsp3) is 0.417. The molecule has 0 aliphatic carbocycles. The molecule has 6 nitrogen and oxygen atoms in total. The lowest BCUT2D eigenvalue weighted by Gasteiger charge is -2.30. The van der Waals surface area contributed by atoms with Gasteiger partial charge in [0.05, 0.1) is 17.1 Å². The summed E-state index contributed by atoms with van der Waals surface area (Å²) in [5, 5.41) is 0. The van der Waals surface area contributed by atoms with Gasteiger partial charge < -0.3 is 9.64 Å². The number of fused-ring (bicyclic) bond motifs is 1. The van der Waals surface area contributed by atoms with E-state index in [1.165, 1.54) is 4.90 Å². The van der Waals surface area contributed by atoms with Crippen molar-refractivity contribution in [2.45, 2.75) is 20.0 Å². The number of rotatable bonds is 3. The molecule has 104 valence electrons. The molecule has 7 heteroatoms. The highest BCUT2D eigenvalue weighted by Crippen LogP contribution is 2.35. The van der Waals surface area contributed by atoms with E-state index in [0.29, 0.717) is 17.1 Å². The number of ether oxygens (including phenoxy) is 1. The standard InChI is InChI=1S/C12H16N2O4S/c1-4-19(16,17)13-9-5-6-11-10(7-9)14(3)12(15)8(2)18-11/h5-8,13H,4H2,1-3H3. The summed E-state index contributed by atoms with van der Waals surface area (Å²) >= 11 is 0. The molecule has 1 N–H and O–H groups in total. The van der Waals surface area contributed by atoms with Crippen LogP contribution in [0.4, 0.5) is 11.4 Å². The van der Waals surface area contributed by atoms with Crippen LogP contribution < -0.4 is 14.4 Å². The van der Waals surface area contributed by atoms with Gasteiger partial charge >= 0.3 is 0 Å². The number of carbonyl (C=O) groups is 1. The number of anilines is 2. The minimum Gasteiger partial charge on any atom is -0.479 e. The van der Waals surface area contributed by atoms with Gasteiger partial charge in [0.15, 0.2) is 6.10 Å². The third-order valence-corrected chi connectivity index (χ3v) is 4.26. The van der Waals surface area contributed by atoms with Crippen molar-refractivity contribution in [2.24, 2.45) is 0 Å². The van der Waals surface area contributed by atoms with E-state index in [4.69, 9.17) is 4.74 Å². The van der Waals surface area contributed by atoms with Crippen LogP contribution in [-0.4, -0.2) is 33.2 Å². The average Bonchev–Trinajstić information content (AvgIpc) is 2.37. The maximum Gasteiger partial charge on any atom is 0.267 e. The molecule has 0 saturated carbocycles. The number of nitrogens with one attached hydrogen (secondary N) is 1. The van der Waals surface area contributed by atoms with Crippen molar-refractivity contribution in [3.8, 4) is 5.75 Å². The third-order valence-electron chi connectivity index (χ3n) is 2.96. The molecular formula is C12H16N2O4S. The summed E-state index contributed by atoms with van der Waals surface area (Å²) in [6.07, 6.45) is -0.532. The monoisotopic (exact) mass is 284 g/mol. The first-order chi connectivity index (χ1) is 8.84. The van der Waals surface area contributed by atoms with Crippen LogP contribution in [0.15, 0.2) is 18.2 Å². The van der Waals surface area contributed by atoms with Crippen molar-refractivity contribution >= 4 is 27.3 Å². The van der Waals surface area contributed by atoms with Crippen molar-refractivity contribution in [3.05, 3.63) is 18.2 Å². The highest BCUT2D eigenvalue weighted by Gasteiger charge is 2.29. The van der Waals surface area contributed by atoms with E-state index >= 15 is 0 Å². The predicted octanol–water partition coefficient (Wildman–Crippen LogP) is 1.19. The van der Waals surface area contributed by atoms with Gasteiger partial charge in [0.1, 0.15) is 5.75 Å². The number of benzene rings is 1. The molecule has 0 fully saturated rings. The van der Waals surface area contributed by atoms with Gasteiger partial charge in [0.25, 0.3) is 5.91 Å². The third kappa shape index (κ3) is 2.65. The molecule has 1 aromatic carbocycles. The topological polar surface area (TPSA) is 75.7 Å². The van der Waals surface area contributed by atoms with Crippen LogP contribution >= 0.6 is 0 Å². The van der Waals surface area contributed by atoms with Crippen LogP contribution in [0.5, 0.6) is 5.75 Å². The molecule has 0 saturated heterocycles. The van der Waals surface area contributed by atoms with Gasteiger partial charge in [-0.2, -0.15) is 0 Å². The minimum absolute atomic E-state index is 0.00755. The molecule has 1 atom stereocenters. The van der Waals surface area contributed by atoms with Gasteiger partial charge in [-0.25, -0.2) is 8.42 Å². The Balaban J connectivity index is 2.37. The number of likely N-dealkylation sites (N-methyl/N-ethyl adjacent to an activating group) is 1. The zero-order valence-electron chi connectivity index (χ0n) is 11.0. The molecule has 19 heavy (non-hydrogen) atoms. The SMILES string of the molecule is CCS(=O)(=O)Nc1ccc2c(c1)N(C)C(=O)C(C)O2. The van der Waals surface area contributed by atoms with Crippen LogP contribution in [-0.2, 0) is 14.8 Å². The largest absolute Gasteiger partial charge is 0.479 e. The van der Waals surface area contributed by atoms with E-state index in [9.17, 15) is 13.2 Å². The summed E-state index contributed by atoms with van der Waals surface area (Å²) < 4.78 is 30.9. The number of amides is 1. The molecule has 0 aromatic heterocycles. The maximum atomic E-state index is 11.8. The van der Waals surface area contributed by atoms with Crippen molar-refractivity contribution < 1.29 is 17.9 Å². The Hall–Kier alpha value is -1.76. The number of hydrogen-bond donors (Lipinski definition) is 1. The quantitative estimate of drug-likeness (QED) is 0.904. The second-order valence-electron chi connectivity index (χ2n) is 4.35. The summed E-state index contributed by atoms with van der Waals surface area (Å²) in [5.74, 6) is 0.392. The number of nitrogens with zero attached hydrogens (tertiary/aromatic N) is 1. The van der Waals surface area contributed by atoms with Crippen molar-refractivity contribution in [1.82, 2.24) is 0 Å². The first-order valence-electron chi connectivity index (χ1n) is 5.93. The van der Waals surface area contributed by atoms with Crippen LogP contribution in [0.3, 0.4) is 0 Å². The van der Waals surface area contributed by atoms with Gasteiger partial charge in [0.2, 0.25) is 10.0 Å². The zero-order valence-corrected chi connectivity index (χ0v) is 11.8. The summed E-state index contributed by atoms with van der Waals surface area (Å²) in [6.45, 7) is 3.23. The molecule has 1 aromatic rings.